The third-order valence-corrected chi connectivity index (χ3v) is 5.12. The van der Waals surface area contributed by atoms with E-state index in [-0.39, 0.29) is 11.2 Å². The average Bonchev–Trinajstić information content (AvgIpc) is 2.88. The Kier molecular flexibility index (Phi) is 3.59. The summed E-state index contributed by atoms with van der Waals surface area (Å²) in [5.41, 5.74) is 6.83. The van der Waals surface area contributed by atoms with E-state index in [1.165, 1.54) is 5.56 Å². The highest BCUT2D eigenvalue weighted by atomic mass is 35.5. The molecule has 4 rings (SSSR count). The minimum atomic E-state index is 0.0170. The Morgan fingerprint density at radius 1 is 0.760 bits per heavy atom. The molecule has 3 aromatic carbocycles. The number of halogens is 1. The van der Waals surface area contributed by atoms with Crippen LogP contribution >= 0.6 is 11.6 Å². The molecular weight excluding hydrogens is 328 g/mol. The molecule has 0 atom stereocenters. The molecule has 0 unspecified atom stereocenters. The van der Waals surface area contributed by atoms with Gasteiger partial charge in [-0.2, -0.15) is 0 Å². The van der Waals surface area contributed by atoms with Crippen molar-refractivity contribution in [3.8, 4) is 22.3 Å². The quantitative estimate of drug-likeness (QED) is 0.383. The minimum Gasteiger partial charge on any atom is -0.289 e. The lowest BCUT2D eigenvalue weighted by Crippen LogP contribution is -2.11. The fraction of sp³-hybridized carbons (Fsp3) is 0.174. The van der Waals surface area contributed by atoms with Gasteiger partial charge in [0.15, 0.2) is 5.78 Å². The Balaban J connectivity index is 1.91. The van der Waals surface area contributed by atoms with Crippen molar-refractivity contribution in [2.75, 3.05) is 0 Å². The third-order valence-electron chi connectivity index (χ3n) is 4.87. The molecule has 0 radical (unpaired) electrons. The van der Waals surface area contributed by atoms with E-state index in [1.54, 1.807) is 0 Å². The van der Waals surface area contributed by atoms with Gasteiger partial charge in [0.1, 0.15) is 0 Å². The van der Waals surface area contributed by atoms with Gasteiger partial charge in [-0.25, -0.2) is 0 Å². The summed E-state index contributed by atoms with van der Waals surface area (Å²) in [6.45, 7) is 6.50. The van der Waals surface area contributed by atoms with Crippen molar-refractivity contribution < 1.29 is 4.79 Å². The Bertz CT molecular complexity index is 992. The number of ketones is 1. The number of fused-ring (bicyclic) bond motifs is 3. The molecule has 0 fully saturated rings. The number of hydrogen-bond donors (Lipinski definition) is 0. The summed E-state index contributed by atoms with van der Waals surface area (Å²) in [4.78, 5) is 13.2. The van der Waals surface area contributed by atoms with Crippen LogP contribution in [-0.4, -0.2) is 5.78 Å². The van der Waals surface area contributed by atoms with Crippen LogP contribution in [0.25, 0.3) is 22.3 Å². The van der Waals surface area contributed by atoms with Gasteiger partial charge in [0.25, 0.3) is 0 Å². The van der Waals surface area contributed by atoms with Gasteiger partial charge < -0.3 is 0 Å². The van der Waals surface area contributed by atoms with Gasteiger partial charge in [-0.3, -0.25) is 4.79 Å². The number of rotatable bonds is 1. The fourth-order valence-electron chi connectivity index (χ4n) is 3.46. The number of benzene rings is 3. The van der Waals surface area contributed by atoms with Gasteiger partial charge in [-0.15, -0.1) is 0 Å². The lowest BCUT2D eigenvalue weighted by Gasteiger charge is -2.19. The van der Waals surface area contributed by atoms with E-state index >= 15 is 0 Å². The molecule has 0 amide bonds. The molecule has 0 aliphatic heterocycles. The fourth-order valence-corrected chi connectivity index (χ4v) is 3.59. The number of hydrogen-bond acceptors (Lipinski definition) is 1. The Morgan fingerprint density at radius 3 is 2.12 bits per heavy atom. The molecule has 124 valence electrons. The maximum Gasteiger partial charge on any atom is 0.194 e. The Hall–Kier alpha value is -2.38. The molecule has 0 N–H and O–H groups in total. The molecule has 0 saturated carbocycles. The van der Waals surface area contributed by atoms with Crippen molar-refractivity contribution >= 4 is 17.4 Å². The van der Waals surface area contributed by atoms with E-state index in [2.05, 4.69) is 39.0 Å². The Labute approximate surface area is 153 Å². The van der Waals surface area contributed by atoms with E-state index in [0.29, 0.717) is 5.02 Å². The predicted molar refractivity (Wildman–Crippen MR) is 104 cm³/mol. The second-order valence-corrected chi connectivity index (χ2v) is 8.01. The van der Waals surface area contributed by atoms with Crippen LogP contribution in [0.2, 0.25) is 5.02 Å². The van der Waals surface area contributed by atoms with Crippen LogP contribution in [0.4, 0.5) is 0 Å². The first-order valence-electron chi connectivity index (χ1n) is 8.45. The lowest BCUT2D eigenvalue weighted by atomic mass is 9.85. The molecular formula is C23H19ClO. The number of carbonyl (C=O) groups excluding carboxylic acids is 1. The van der Waals surface area contributed by atoms with Crippen molar-refractivity contribution in [1.82, 2.24) is 0 Å². The highest BCUT2D eigenvalue weighted by molar-refractivity contribution is 6.30. The van der Waals surface area contributed by atoms with Crippen molar-refractivity contribution in [2.24, 2.45) is 0 Å². The van der Waals surface area contributed by atoms with Crippen molar-refractivity contribution in [3.05, 3.63) is 82.4 Å². The smallest absolute Gasteiger partial charge is 0.194 e. The maximum absolute atomic E-state index is 13.2. The molecule has 0 bridgehead atoms. The summed E-state index contributed by atoms with van der Waals surface area (Å²) in [6, 6.07) is 20.0. The second kappa shape index (κ2) is 5.57. The predicted octanol–water partition coefficient (Wildman–Crippen LogP) is 6.52. The van der Waals surface area contributed by atoms with E-state index in [4.69, 9.17) is 11.6 Å². The van der Waals surface area contributed by atoms with Crippen molar-refractivity contribution in [3.63, 3.8) is 0 Å². The Morgan fingerprint density at radius 2 is 1.44 bits per heavy atom. The first-order valence-corrected chi connectivity index (χ1v) is 8.82. The zero-order chi connectivity index (χ0) is 17.8. The summed E-state index contributed by atoms with van der Waals surface area (Å²) in [5, 5.41) is 0.695. The topological polar surface area (TPSA) is 17.1 Å². The molecule has 3 aromatic rings. The molecule has 2 heteroatoms. The molecule has 0 heterocycles. The zero-order valence-corrected chi connectivity index (χ0v) is 15.3. The zero-order valence-electron chi connectivity index (χ0n) is 14.6. The van der Waals surface area contributed by atoms with E-state index in [9.17, 15) is 4.79 Å². The number of carbonyl (C=O) groups is 1. The van der Waals surface area contributed by atoms with Crippen molar-refractivity contribution in [1.29, 1.82) is 0 Å². The highest BCUT2D eigenvalue weighted by Gasteiger charge is 2.30. The van der Waals surface area contributed by atoms with Crippen LogP contribution < -0.4 is 0 Å². The van der Waals surface area contributed by atoms with Crippen molar-refractivity contribution in [2.45, 2.75) is 26.2 Å². The standard InChI is InChI=1S/C23H19ClO/c1-23(2,3)15-9-12-18-19-6-4-5-17(14-7-10-16(24)11-8-14)21(19)22(25)20(18)13-15/h4-13H,1-3H3. The largest absolute Gasteiger partial charge is 0.289 e. The van der Waals surface area contributed by atoms with E-state index < -0.39 is 0 Å². The normalized spacial score (nSPS) is 12.9. The average molecular weight is 347 g/mol. The van der Waals surface area contributed by atoms with Crippen LogP contribution in [0.15, 0.2) is 60.7 Å². The summed E-state index contributed by atoms with van der Waals surface area (Å²) in [6.07, 6.45) is 0. The third kappa shape index (κ3) is 2.60. The molecule has 0 aromatic heterocycles. The summed E-state index contributed by atoms with van der Waals surface area (Å²) >= 11 is 6.01. The van der Waals surface area contributed by atoms with Crippen LogP contribution in [-0.2, 0) is 5.41 Å². The van der Waals surface area contributed by atoms with Crippen LogP contribution in [0.3, 0.4) is 0 Å². The van der Waals surface area contributed by atoms with Gasteiger partial charge in [0.05, 0.1) is 0 Å². The van der Waals surface area contributed by atoms with Crippen LogP contribution in [0.1, 0.15) is 42.3 Å². The summed E-state index contributed by atoms with van der Waals surface area (Å²) < 4.78 is 0. The minimum absolute atomic E-state index is 0.0170. The summed E-state index contributed by atoms with van der Waals surface area (Å²) in [5.74, 6) is 0.113. The first kappa shape index (κ1) is 16.1. The highest BCUT2D eigenvalue weighted by Crippen LogP contribution is 2.42. The van der Waals surface area contributed by atoms with Gasteiger partial charge in [-0.05, 0) is 51.4 Å². The SMILES string of the molecule is CC(C)(C)c1ccc2c(c1)C(=O)c1c(-c3ccc(Cl)cc3)cccc1-2. The molecule has 25 heavy (non-hydrogen) atoms. The second-order valence-electron chi connectivity index (χ2n) is 7.57. The first-order chi connectivity index (χ1) is 11.9. The van der Waals surface area contributed by atoms with Gasteiger partial charge in [-0.1, -0.05) is 74.8 Å². The molecule has 0 spiro atoms. The summed E-state index contributed by atoms with van der Waals surface area (Å²) in [7, 11) is 0. The molecule has 1 aliphatic rings. The maximum atomic E-state index is 13.2. The molecule has 1 nitrogen and oxygen atoms in total. The van der Waals surface area contributed by atoms with Gasteiger partial charge in [0.2, 0.25) is 0 Å². The van der Waals surface area contributed by atoms with E-state index in [0.717, 1.165) is 33.4 Å². The lowest BCUT2D eigenvalue weighted by molar-refractivity contribution is 0.104. The monoisotopic (exact) mass is 346 g/mol. The molecule has 0 saturated heterocycles. The van der Waals surface area contributed by atoms with Gasteiger partial charge >= 0.3 is 0 Å². The van der Waals surface area contributed by atoms with E-state index in [1.807, 2.05) is 42.5 Å². The van der Waals surface area contributed by atoms with Gasteiger partial charge in [0, 0.05) is 16.1 Å². The van der Waals surface area contributed by atoms with Crippen LogP contribution in [0.5, 0.6) is 0 Å². The van der Waals surface area contributed by atoms with Crippen LogP contribution in [0, 0.1) is 0 Å². The molecule has 1 aliphatic carbocycles.